The Bertz CT molecular complexity index is 290. The molecule has 2 rings (SSSR count). The van der Waals surface area contributed by atoms with Gasteiger partial charge in [0.2, 0.25) is 0 Å². The van der Waals surface area contributed by atoms with Crippen LogP contribution in [0.1, 0.15) is 36.5 Å². The van der Waals surface area contributed by atoms with Crippen molar-refractivity contribution in [1.82, 2.24) is 9.97 Å². The number of nitrogens with zero attached hydrogens (tertiary/aromatic N) is 1. The van der Waals surface area contributed by atoms with Crippen molar-refractivity contribution in [2.45, 2.75) is 45.1 Å². The summed E-state index contributed by atoms with van der Waals surface area (Å²) in [5.41, 5.74) is 8.43. The summed E-state index contributed by atoms with van der Waals surface area (Å²) < 4.78 is 0. The molecule has 0 aliphatic heterocycles. The summed E-state index contributed by atoms with van der Waals surface area (Å²) in [6, 6.07) is 0. The van der Waals surface area contributed by atoms with Gasteiger partial charge in [0, 0.05) is 17.7 Å². The molecule has 1 aromatic heterocycles. The van der Waals surface area contributed by atoms with Gasteiger partial charge in [0.1, 0.15) is 5.82 Å². The molecular weight excluding hydrogens is 162 g/mol. The summed E-state index contributed by atoms with van der Waals surface area (Å²) in [6.45, 7) is 4.09. The van der Waals surface area contributed by atoms with Crippen LogP contribution < -0.4 is 5.73 Å². The Labute approximate surface area is 78.7 Å². The molecule has 1 saturated carbocycles. The van der Waals surface area contributed by atoms with Gasteiger partial charge in [-0.25, -0.2) is 4.98 Å². The Kier molecular flexibility index (Phi) is 1.91. The summed E-state index contributed by atoms with van der Waals surface area (Å²) in [7, 11) is 0. The number of hydrogen-bond donors (Lipinski definition) is 2. The monoisotopic (exact) mass is 179 g/mol. The number of hydrogen-bond acceptors (Lipinski definition) is 2. The van der Waals surface area contributed by atoms with Gasteiger partial charge in [-0.1, -0.05) is 0 Å². The lowest BCUT2D eigenvalue weighted by Crippen LogP contribution is -2.22. The predicted molar refractivity (Wildman–Crippen MR) is 52.5 cm³/mol. The van der Waals surface area contributed by atoms with Crippen LogP contribution >= 0.6 is 0 Å². The third-order valence-electron chi connectivity index (χ3n) is 2.93. The van der Waals surface area contributed by atoms with Crippen LogP contribution in [0.4, 0.5) is 0 Å². The van der Waals surface area contributed by atoms with E-state index in [0.717, 1.165) is 24.4 Å². The number of aromatic nitrogens is 2. The number of H-pyrrole nitrogens is 1. The maximum atomic E-state index is 6.00. The number of nitrogens with two attached hydrogens (primary N) is 1. The molecule has 1 aliphatic rings. The molecule has 3 nitrogen and oxygen atoms in total. The van der Waals surface area contributed by atoms with Crippen LogP contribution in [0.25, 0.3) is 0 Å². The van der Waals surface area contributed by atoms with Crippen LogP contribution in [0, 0.1) is 13.8 Å². The summed E-state index contributed by atoms with van der Waals surface area (Å²) >= 11 is 0. The molecular formula is C10H17N3. The van der Waals surface area contributed by atoms with Crippen molar-refractivity contribution in [1.29, 1.82) is 0 Å². The fraction of sp³-hybridized carbons (Fsp3) is 0.700. The Balaban J connectivity index is 1.94. The van der Waals surface area contributed by atoms with Gasteiger partial charge in [0.15, 0.2) is 0 Å². The van der Waals surface area contributed by atoms with Crippen molar-refractivity contribution in [3.8, 4) is 0 Å². The van der Waals surface area contributed by atoms with Gasteiger partial charge in [0.25, 0.3) is 0 Å². The maximum absolute atomic E-state index is 6.00. The number of rotatable bonds is 3. The first-order valence-electron chi connectivity index (χ1n) is 4.90. The van der Waals surface area contributed by atoms with Crippen molar-refractivity contribution >= 4 is 0 Å². The van der Waals surface area contributed by atoms with Crippen LogP contribution in [-0.4, -0.2) is 15.5 Å². The number of imidazole rings is 1. The van der Waals surface area contributed by atoms with E-state index in [1.807, 2.05) is 6.92 Å². The van der Waals surface area contributed by atoms with E-state index in [2.05, 4.69) is 16.9 Å². The molecule has 0 amide bonds. The highest BCUT2D eigenvalue weighted by molar-refractivity contribution is 5.11. The van der Waals surface area contributed by atoms with E-state index >= 15 is 0 Å². The SMILES string of the molecule is Cc1nc(CCC2(N)CC2)[nH]c1C. The zero-order valence-electron chi connectivity index (χ0n) is 8.35. The molecule has 0 radical (unpaired) electrons. The standard InChI is InChI=1S/C10H17N3/c1-7-8(2)13-9(12-7)3-4-10(11)5-6-10/h3-6,11H2,1-2H3,(H,12,13). The van der Waals surface area contributed by atoms with E-state index in [4.69, 9.17) is 5.73 Å². The first-order chi connectivity index (χ1) is 6.09. The Hall–Kier alpha value is -0.830. The molecule has 72 valence electrons. The van der Waals surface area contributed by atoms with Crippen LogP contribution in [0.2, 0.25) is 0 Å². The van der Waals surface area contributed by atoms with E-state index in [1.165, 1.54) is 18.5 Å². The Morgan fingerprint density at radius 3 is 2.62 bits per heavy atom. The van der Waals surface area contributed by atoms with Crippen molar-refractivity contribution in [3.05, 3.63) is 17.2 Å². The number of aryl methyl sites for hydroxylation is 3. The minimum Gasteiger partial charge on any atom is -0.346 e. The molecule has 0 bridgehead atoms. The third kappa shape index (κ3) is 1.91. The third-order valence-corrected chi connectivity index (χ3v) is 2.93. The van der Waals surface area contributed by atoms with Gasteiger partial charge in [0.05, 0.1) is 5.69 Å². The minimum absolute atomic E-state index is 0.147. The molecule has 3 heteroatoms. The van der Waals surface area contributed by atoms with Gasteiger partial charge >= 0.3 is 0 Å². The van der Waals surface area contributed by atoms with E-state index in [0.29, 0.717) is 0 Å². The second kappa shape index (κ2) is 2.84. The fourth-order valence-electron chi connectivity index (χ4n) is 1.52. The molecule has 0 saturated heterocycles. The van der Waals surface area contributed by atoms with Gasteiger partial charge in [-0.3, -0.25) is 0 Å². The predicted octanol–water partition coefficient (Wildman–Crippen LogP) is 1.45. The molecule has 13 heavy (non-hydrogen) atoms. The second-order valence-electron chi connectivity index (χ2n) is 4.26. The molecule has 3 N–H and O–H groups in total. The fourth-order valence-corrected chi connectivity index (χ4v) is 1.52. The summed E-state index contributed by atoms with van der Waals surface area (Å²) in [4.78, 5) is 7.71. The highest BCUT2D eigenvalue weighted by atomic mass is 14.9. The Morgan fingerprint density at radius 1 is 1.46 bits per heavy atom. The molecule has 0 unspecified atom stereocenters. The van der Waals surface area contributed by atoms with E-state index < -0.39 is 0 Å². The molecule has 1 aliphatic carbocycles. The zero-order chi connectivity index (χ0) is 9.47. The lowest BCUT2D eigenvalue weighted by Gasteiger charge is -2.05. The zero-order valence-corrected chi connectivity index (χ0v) is 8.35. The lowest BCUT2D eigenvalue weighted by molar-refractivity contribution is 0.598. The Morgan fingerprint density at radius 2 is 2.15 bits per heavy atom. The van der Waals surface area contributed by atoms with Gasteiger partial charge in [-0.05, 0) is 33.1 Å². The summed E-state index contributed by atoms with van der Waals surface area (Å²) in [6.07, 6.45) is 4.43. The largest absolute Gasteiger partial charge is 0.346 e. The lowest BCUT2D eigenvalue weighted by atomic mass is 10.1. The van der Waals surface area contributed by atoms with Gasteiger partial charge in [-0.2, -0.15) is 0 Å². The number of nitrogens with one attached hydrogen (secondary N) is 1. The van der Waals surface area contributed by atoms with Crippen LogP contribution in [0.15, 0.2) is 0 Å². The van der Waals surface area contributed by atoms with E-state index in [9.17, 15) is 0 Å². The quantitative estimate of drug-likeness (QED) is 0.738. The highest BCUT2D eigenvalue weighted by Crippen LogP contribution is 2.36. The highest BCUT2D eigenvalue weighted by Gasteiger charge is 2.37. The van der Waals surface area contributed by atoms with Crippen LogP contribution in [-0.2, 0) is 6.42 Å². The van der Waals surface area contributed by atoms with Crippen molar-refractivity contribution < 1.29 is 0 Å². The smallest absolute Gasteiger partial charge is 0.106 e. The van der Waals surface area contributed by atoms with Crippen molar-refractivity contribution in [3.63, 3.8) is 0 Å². The second-order valence-corrected chi connectivity index (χ2v) is 4.26. The number of aromatic amines is 1. The van der Waals surface area contributed by atoms with E-state index in [-0.39, 0.29) is 5.54 Å². The van der Waals surface area contributed by atoms with Crippen molar-refractivity contribution in [2.24, 2.45) is 5.73 Å². The molecule has 0 aromatic carbocycles. The molecule has 1 aromatic rings. The van der Waals surface area contributed by atoms with Crippen molar-refractivity contribution in [2.75, 3.05) is 0 Å². The molecule has 1 heterocycles. The van der Waals surface area contributed by atoms with Crippen LogP contribution in [0.3, 0.4) is 0 Å². The van der Waals surface area contributed by atoms with Gasteiger partial charge < -0.3 is 10.7 Å². The molecule has 1 fully saturated rings. The van der Waals surface area contributed by atoms with Gasteiger partial charge in [-0.15, -0.1) is 0 Å². The normalized spacial score (nSPS) is 19.0. The minimum atomic E-state index is 0.147. The average molecular weight is 179 g/mol. The summed E-state index contributed by atoms with van der Waals surface area (Å²) in [5.74, 6) is 1.09. The van der Waals surface area contributed by atoms with Crippen LogP contribution in [0.5, 0.6) is 0 Å². The topological polar surface area (TPSA) is 54.7 Å². The molecule has 0 atom stereocenters. The first kappa shape index (κ1) is 8.75. The first-order valence-corrected chi connectivity index (χ1v) is 4.90. The maximum Gasteiger partial charge on any atom is 0.106 e. The van der Waals surface area contributed by atoms with E-state index in [1.54, 1.807) is 0 Å². The average Bonchev–Trinajstić information content (AvgIpc) is 2.72. The molecule has 0 spiro atoms. The summed E-state index contributed by atoms with van der Waals surface area (Å²) in [5, 5.41) is 0.